The van der Waals surface area contributed by atoms with E-state index in [-0.39, 0.29) is 6.10 Å². The molecule has 2 aliphatic rings. The highest BCUT2D eigenvalue weighted by molar-refractivity contribution is 7.12. The minimum absolute atomic E-state index is 0.0882. The highest BCUT2D eigenvalue weighted by Crippen LogP contribution is 2.49. The minimum atomic E-state index is 0.0882. The van der Waals surface area contributed by atoms with Crippen LogP contribution < -0.4 is 4.74 Å². The number of hydrogen-bond acceptors (Lipinski definition) is 3. The highest BCUT2D eigenvalue weighted by atomic mass is 32.1. The zero-order chi connectivity index (χ0) is 15.1. The summed E-state index contributed by atoms with van der Waals surface area (Å²) in [7, 11) is 1.71. The van der Waals surface area contributed by atoms with Gasteiger partial charge in [0.15, 0.2) is 0 Å². The predicted molar refractivity (Wildman–Crippen MR) is 90.0 cm³/mol. The summed E-state index contributed by atoms with van der Waals surface area (Å²) in [6.07, 6.45) is 5.61. The van der Waals surface area contributed by atoms with E-state index in [4.69, 9.17) is 9.47 Å². The molecule has 0 spiro atoms. The highest BCUT2D eigenvalue weighted by Gasteiger charge is 2.39. The first kappa shape index (κ1) is 14.3. The molecule has 2 aromatic rings. The fraction of sp³-hybridized carbons (Fsp3) is 0.474. The third kappa shape index (κ3) is 2.37. The Morgan fingerprint density at radius 1 is 1.14 bits per heavy atom. The van der Waals surface area contributed by atoms with Crippen LogP contribution in [0.5, 0.6) is 5.75 Å². The van der Waals surface area contributed by atoms with Crippen molar-refractivity contribution < 1.29 is 9.47 Å². The predicted octanol–water partition coefficient (Wildman–Crippen LogP) is 5.21. The second kappa shape index (κ2) is 5.71. The second-order valence-corrected chi connectivity index (χ2v) is 7.68. The van der Waals surface area contributed by atoms with Gasteiger partial charge in [0.2, 0.25) is 0 Å². The van der Waals surface area contributed by atoms with Gasteiger partial charge in [-0.1, -0.05) is 25.0 Å². The van der Waals surface area contributed by atoms with E-state index in [0.717, 1.165) is 5.75 Å². The van der Waals surface area contributed by atoms with Gasteiger partial charge in [-0.05, 0) is 49.1 Å². The molecule has 22 heavy (non-hydrogen) atoms. The Bertz CT molecular complexity index is 659. The van der Waals surface area contributed by atoms with E-state index in [2.05, 4.69) is 25.1 Å². The maximum absolute atomic E-state index is 6.56. The van der Waals surface area contributed by atoms with E-state index in [1.807, 2.05) is 23.5 Å². The molecule has 0 bridgehead atoms. The Balaban J connectivity index is 1.74. The summed E-state index contributed by atoms with van der Waals surface area (Å²) in [4.78, 5) is 2.98. The van der Waals surface area contributed by atoms with Gasteiger partial charge in [0.1, 0.15) is 11.9 Å². The fourth-order valence-electron chi connectivity index (χ4n) is 3.89. The number of methoxy groups -OCH3 is 1. The second-order valence-electron chi connectivity index (χ2n) is 6.40. The molecule has 0 amide bonds. The van der Waals surface area contributed by atoms with Crippen molar-refractivity contribution in [2.24, 2.45) is 0 Å². The summed E-state index contributed by atoms with van der Waals surface area (Å²) in [5.74, 6) is 1.52. The van der Waals surface area contributed by atoms with Gasteiger partial charge in [0.05, 0.1) is 13.2 Å². The number of benzene rings is 1. The summed E-state index contributed by atoms with van der Waals surface area (Å²) in [5, 5.41) is 0. The molecule has 1 aliphatic heterocycles. The van der Waals surface area contributed by atoms with E-state index in [1.165, 1.54) is 41.7 Å². The molecule has 4 rings (SSSR count). The van der Waals surface area contributed by atoms with Crippen LogP contribution in [0, 0.1) is 6.92 Å². The van der Waals surface area contributed by atoms with E-state index in [0.29, 0.717) is 12.0 Å². The van der Waals surface area contributed by atoms with Crippen molar-refractivity contribution in [1.82, 2.24) is 0 Å². The first-order valence-electron chi connectivity index (χ1n) is 8.16. The lowest BCUT2D eigenvalue weighted by molar-refractivity contribution is -0.0374. The topological polar surface area (TPSA) is 18.5 Å². The van der Waals surface area contributed by atoms with Crippen molar-refractivity contribution in [2.45, 2.75) is 50.7 Å². The largest absolute Gasteiger partial charge is 0.497 e. The first-order chi connectivity index (χ1) is 10.8. The fourth-order valence-corrected chi connectivity index (χ4v) is 5.13. The standard InChI is InChI=1S/C19H22O2S/c1-12-11-16-18(13-7-9-14(20-2)10-8-13)21-17-6-4-3-5-15(17)19(16)22-12/h7-11,15,17-18H,3-6H2,1-2H3/t15-,17-,18+/m1/s1. The van der Waals surface area contributed by atoms with Crippen molar-refractivity contribution in [2.75, 3.05) is 7.11 Å². The van der Waals surface area contributed by atoms with Gasteiger partial charge in [0, 0.05) is 15.7 Å². The van der Waals surface area contributed by atoms with Gasteiger partial charge < -0.3 is 9.47 Å². The molecule has 1 aliphatic carbocycles. The molecule has 0 N–H and O–H groups in total. The summed E-state index contributed by atoms with van der Waals surface area (Å²) in [6, 6.07) is 10.7. The van der Waals surface area contributed by atoms with E-state index in [9.17, 15) is 0 Å². The van der Waals surface area contributed by atoms with Crippen LogP contribution in [0.3, 0.4) is 0 Å². The molecule has 1 fully saturated rings. The van der Waals surface area contributed by atoms with Crippen LogP contribution in [0.1, 0.15) is 58.6 Å². The number of hydrogen-bond donors (Lipinski definition) is 0. The molecule has 0 saturated heterocycles. The maximum atomic E-state index is 6.56. The normalized spacial score (nSPS) is 27.1. The molecule has 2 heterocycles. The van der Waals surface area contributed by atoms with Gasteiger partial charge in [-0.3, -0.25) is 0 Å². The summed E-state index contributed by atoms with van der Waals surface area (Å²) >= 11 is 1.98. The summed E-state index contributed by atoms with van der Waals surface area (Å²) in [5.41, 5.74) is 2.64. The molecule has 1 aromatic carbocycles. The molecule has 116 valence electrons. The molecule has 0 unspecified atom stereocenters. The molecular formula is C19H22O2S. The first-order valence-corrected chi connectivity index (χ1v) is 8.97. The van der Waals surface area contributed by atoms with Gasteiger partial charge >= 0.3 is 0 Å². The zero-order valence-electron chi connectivity index (χ0n) is 13.2. The van der Waals surface area contributed by atoms with Crippen LogP contribution in [0.25, 0.3) is 0 Å². The SMILES string of the molecule is COc1ccc([C@@H]2O[C@@H]3CCCC[C@H]3c3sc(C)cc32)cc1. The van der Waals surface area contributed by atoms with Crippen LogP contribution in [0.15, 0.2) is 30.3 Å². The Morgan fingerprint density at radius 3 is 2.68 bits per heavy atom. The lowest BCUT2D eigenvalue weighted by Gasteiger charge is -2.39. The van der Waals surface area contributed by atoms with Crippen LogP contribution in [0.2, 0.25) is 0 Å². The molecule has 3 heteroatoms. The smallest absolute Gasteiger partial charge is 0.118 e. The van der Waals surface area contributed by atoms with Gasteiger partial charge in [-0.2, -0.15) is 0 Å². The Labute approximate surface area is 136 Å². The molecule has 3 atom stereocenters. The Morgan fingerprint density at radius 2 is 1.91 bits per heavy atom. The van der Waals surface area contributed by atoms with Gasteiger partial charge in [-0.25, -0.2) is 0 Å². The zero-order valence-corrected chi connectivity index (χ0v) is 14.0. The summed E-state index contributed by atoms with van der Waals surface area (Å²) in [6.45, 7) is 2.21. The Hall–Kier alpha value is -1.32. The maximum Gasteiger partial charge on any atom is 0.118 e. The van der Waals surface area contributed by atoms with E-state index < -0.39 is 0 Å². The van der Waals surface area contributed by atoms with Crippen molar-refractivity contribution in [1.29, 1.82) is 0 Å². The Kier molecular flexibility index (Phi) is 3.71. The van der Waals surface area contributed by atoms with Gasteiger partial charge in [-0.15, -0.1) is 11.3 Å². The molecule has 0 radical (unpaired) electrons. The summed E-state index contributed by atoms with van der Waals surface area (Å²) < 4.78 is 11.8. The number of aryl methyl sites for hydroxylation is 1. The van der Waals surface area contributed by atoms with Gasteiger partial charge in [0.25, 0.3) is 0 Å². The number of ether oxygens (including phenoxy) is 2. The van der Waals surface area contributed by atoms with Crippen molar-refractivity contribution in [3.63, 3.8) is 0 Å². The third-order valence-corrected chi connectivity index (χ3v) is 6.16. The monoisotopic (exact) mass is 314 g/mol. The molecule has 2 nitrogen and oxygen atoms in total. The van der Waals surface area contributed by atoms with Crippen LogP contribution in [-0.4, -0.2) is 13.2 Å². The number of fused-ring (bicyclic) bond motifs is 3. The average molecular weight is 314 g/mol. The lowest BCUT2D eigenvalue weighted by Crippen LogP contribution is -2.32. The van der Waals surface area contributed by atoms with Crippen molar-refractivity contribution in [3.05, 3.63) is 51.2 Å². The van der Waals surface area contributed by atoms with E-state index in [1.54, 1.807) is 12.0 Å². The quantitative estimate of drug-likeness (QED) is 0.757. The lowest BCUT2D eigenvalue weighted by atomic mass is 9.80. The van der Waals surface area contributed by atoms with Crippen LogP contribution in [-0.2, 0) is 4.74 Å². The van der Waals surface area contributed by atoms with E-state index >= 15 is 0 Å². The molecule has 1 saturated carbocycles. The third-order valence-electron chi connectivity index (χ3n) is 4.97. The minimum Gasteiger partial charge on any atom is -0.497 e. The number of thiophene rings is 1. The van der Waals surface area contributed by atoms with Crippen LogP contribution >= 0.6 is 11.3 Å². The molecular weight excluding hydrogens is 292 g/mol. The van der Waals surface area contributed by atoms with Crippen molar-refractivity contribution >= 4 is 11.3 Å². The van der Waals surface area contributed by atoms with Crippen molar-refractivity contribution in [3.8, 4) is 5.75 Å². The number of rotatable bonds is 2. The molecule has 1 aromatic heterocycles. The average Bonchev–Trinajstić information content (AvgIpc) is 2.96. The van der Waals surface area contributed by atoms with Crippen LogP contribution in [0.4, 0.5) is 0 Å².